The zero-order valence-corrected chi connectivity index (χ0v) is 18.6. The van der Waals surface area contributed by atoms with E-state index in [-0.39, 0.29) is 56.7 Å². The van der Waals surface area contributed by atoms with Crippen molar-refractivity contribution in [3.05, 3.63) is 69.1 Å². The Morgan fingerprint density at radius 1 is 1.23 bits per heavy atom. The second kappa shape index (κ2) is 8.54. The predicted molar refractivity (Wildman–Crippen MR) is 120 cm³/mol. The number of hydrogen-bond donors (Lipinski definition) is 1. The molecule has 0 saturated carbocycles. The summed E-state index contributed by atoms with van der Waals surface area (Å²) >= 11 is 0. The number of benzene rings is 1. The summed E-state index contributed by atoms with van der Waals surface area (Å²) in [7, 11) is 1.38. The third-order valence-electron chi connectivity index (χ3n) is 5.23. The highest BCUT2D eigenvalue weighted by atomic mass is 19.4. The summed E-state index contributed by atoms with van der Waals surface area (Å²) in [6, 6.07) is 7.40. The molecule has 0 aliphatic carbocycles. The zero-order valence-electron chi connectivity index (χ0n) is 18.6. The van der Waals surface area contributed by atoms with Crippen LogP contribution in [0.5, 0.6) is 0 Å². The van der Waals surface area contributed by atoms with Gasteiger partial charge < -0.3 is 9.15 Å². The predicted octanol–water partition coefficient (Wildman–Crippen LogP) is 4.47. The number of oxazole rings is 1. The van der Waals surface area contributed by atoms with Crippen LogP contribution in [0.4, 0.5) is 13.2 Å². The maximum Gasteiger partial charge on any atom is 0.433 e. The van der Waals surface area contributed by atoms with E-state index in [9.17, 15) is 18.0 Å². The highest BCUT2D eigenvalue weighted by molar-refractivity contribution is 5.81. The molecule has 0 aliphatic rings. The van der Waals surface area contributed by atoms with Crippen LogP contribution in [-0.4, -0.2) is 26.7 Å². The topological polar surface area (TPSA) is 109 Å². The van der Waals surface area contributed by atoms with Gasteiger partial charge in [-0.15, -0.1) is 6.42 Å². The molecular weight excluding hydrogens is 463 g/mol. The first-order valence-corrected chi connectivity index (χ1v) is 10.0. The van der Waals surface area contributed by atoms with Crippen molar-refractivity contribution in [3.8, 4) is 41.0 Å². The molecule has 3 heterocycles. The Bertz CT molecular complexity index is 1630. The van der Waals surface area contributed by atoms with Crippen molar-refractivity contribution < 1.29 is 22.3 Å². The molecule has 0 radical (unpaired) electrons. The van der Waals surface area contributed by atoms with Crippen molar-refractivity contribution in [2.24, 2.45) is 0 Å². The molecule has 0 fully saturated rings. The number of allylic oxidation sites excluding steroid dienone is 1. The maximum atomic E-state index is 13.9. The number of aromatic nitrogens is 4. The van der Waals surface area contributed by atoms with E-state index < -0.39 is 17.4 Å². The largest absolute Gasteiger partial charge is 0.494 e. The van der Waals surface area contributed by atoms with Crippen molar-refractivity contribution in [2.75, 3.05) is 7.11 Å². The number of methoxy groups -OCH3 is 1. The Hall–Kier alpha value is -4.77. The molecule has 4 rings (SSSR count). The summed E-state index contributed by atoms with van der Waals surface area (Å²) in [6.45, 7) is 3.04. The van der Waals surface area contributed by atoms with E-state index >= 15 is 0 Å². The molecule has 3 aromatic heterocycles. The van der Waals surface area contributed by atoms with E-state index in [1.165, 1.54) is 44.4 Å². The Kier molecular flexibility index (Phi) is 5.71. The molecule has 1 N–H and O–H groups in total. The summed E-state index contributed by atoms with van der Waals surface area (Å²) in [4.78, 5) is 21.9. The number of fused-ring (bicyclic) bond motifs is 1. The van der Waals surface area contributed by atoms with Crippen molar-refractivity contribution in [3.63, 3.8) is 0 Å². The van der Waals surface area contributed by atoms with Crippen LogP contribution >= 0.6 is 0 Å². The summed E-state index contributed by atoms with van der Waals surface area (Å²) in [5, 5.41) is 11.1. The number of nitriles is 1. The molecule has 0 unspecified atom stereocenters. The van der Waals surface area contributed by atoms with Gasteiger partial charge in [-0.2, -0.15) is 22.9 Å². The molecule has 176 valence electrons. The molecular formula is C24H16F3N5O3. The van der Waals surface area contributed by atoms with Gasteiger partial charge >= 0.3 is 6.18 Å². The van der Waals surface area contributed by atoms with Gasteiger partial charge in [0.1, 0.15) is 22.7 Å². The fourth-order valence-electron chi connectivity index (χ4n) is 3.65. The second-order valence-corrected chi connectivity index (χ2v) is 7.39. The third-order valence-corrected chi connectivity index (χ3v) is 5.23. The molecule has 35 heavy (non-hydrogen) atoms. The van der Waals surface area contributed by atoms with E-state index in [1.807, 2.05) is 6.07 Å². The van der Waals surface area contributed by atoms with E-state index in [0.29, 0.717) is 4.52 Å². The van der Waals surface area contributed by atoms with Gasteiger partial charge in [-0.05, 0) is 31.5 Å². The highest BCUT2D eigenvalue weighted by Crippen LogP contribution is 2.38. The van der Waals surface area contributed by atoms with Gasteiger partial charge in [0, 0.05) is 6.08 Å². The molecule has 0 spiro atoms. The Morgan fingerprint density at radius 2 is 1.91 bits per heavy atom. The highest BCUT2D eigenvalue weighted by Gasteiger charge is 2.38. The van der Waals surface area contributed by atoms with Gasteiger partial charge in [-0.25, -0.2) is 9.97 Å². The third kappa shape index (κ3) is 3.93. The van der Waals surface area contributed by atoms with Crippen molar-refractivity contribution in [1.29, 1.82) is 5.26 Å². The maximum absolute atomic E-state index is 13.9. The molecule has 8 nitrogen and oxygen atoms in total. The van der Waals surface area contributed by atoms with Crippen LogP contribution in [0.2, 0.25) is 0 Å². The van der Waals surface area contributed by atoms with Crippen molar-refractivity contribution >= 4 is 11.4 Å². The number of nitrogens with one attached hydrogen (secondary N) is 1. The fourth-order valence-corrected chi connectivity index (χ4v) is 3.65. The van der Waals surface area contributed by atoms with E-state index in [0.717, 1.165) is 0 Å². The molecule has 0 amide bonds. The molecule has 0 saturated heterocycles. The van der Waals surface area contributed by atoms with Crippen molar-refractivity contribution in [2.45, 2.75) is 20.0 Å². The lowest BCUT2D eigenvalue weighted by Gasteiger charge is -2.07. The number of halogens is 3. The first-order chi connectivity index (χ1) is 16.6. The molecule has 11 heteroatoms. The number of terminal acetylenes is 1. The summed E-state index contributed by atoms with van der Waals surface area (Å²) in [5.41, 5.74) is -1.94. The number of rotatable bonds is 4. The smallest absolute Gasteiger partial charge is 0.433 e. The lowest BCUT2D eigenvalue weighted by molar-refractivity contribution is -0.140. The number of aromatic amines is 1. The second-order valence-electron chi connectivity index (χ2n) is 7.39. The van der Waals surface area contributed by atoms with Crippen LogP contribution in [0.1, 0.15) is 28.4 Å². The van der Waals surface area contributed by atoms with E-state index in [4.69, 9.17) is 20.8 Å². The lowest BCUT2D eigenvalue weighted by Crippen LogP contribution is -2.20. The monoisotopic (exact) mass is 479 g/mol. The summed E-state index contributed by atoms with van der Waals surface area (Å²) in [6.07, 6.45) is 1.79. The lowest BCUT2D eigenvalue weighted by atomic mass is 10.0. The van der Waals surface area contributed by atoms with Crippen molar-refractivity contribution in [1.82, 2.24) is 19.6 Å². The molecule has 4 aromatic rings. The Labute approximate surface area is 196 Å². The van der Waals surface area contributed by atoms with Gasteiger partial charge in [0.05, 0.1) is 30.0 Å². The first-order valence-electron chi connectivity index (χ1n) is 10.0. The van der Waals surface area contributed by atoms with Crippen LogP contribution in [0, 0.1) is 37.5 Å². The Morgan fingerprint density at radius 3 is 2.49 bits per heavy atom. The molecule has 0 aliphatic heterocycles. The van der Waals surface area contributed by atoms with Crippen LogP contribution < -0.4 is 5.56 Å². The number of nitrogens with zero attached hydrogens (tertiary/aromatic N) is 4. The zero-order chi connectivity index (χ0) is 25.5. The van der Waals surface area contributed by atoms with Crippen LogP contribution in [-0.2, 0) is 10.9 Å². The van der Waals surface area contributed by atoms with Gasteiger partial charge in [-0.3, -0.25) is 9.89 Å². The minimum absolute atomic E-state index is 0.102. The van der Waals surface area contributed by atoms with Gasteiger partial charge in [0.2, 0.25) is 5.89 Å². The number of H-pyrrole nitrogens is 1. The minimum atomic E-state index is -4.82. The summed E-state index contributed by atoms with van der Waals surface area (Å²) in [5.74, 6) is 2.66. The molecule has 0 atom stereocenters. The average Bonchev–Trinajstić information content (AvgIpc) is 3.38. The van der Waals surface area contributed by atoms with Gasteiger partial charge in [0.15, 0.2) is 11.4 Å². The van der Waals surface area contributed by atoms with Gasteiger partial charge in [0.25, 0.3) is 5.56 Å². The van der Waals surface area contributed by atoms with Crippen LogP contribution in [0.15, 0.2) is 39.6 Å². The standard InChI is InChI=1S/C24H16F3N5O3/c1-5-6-16(34-4)19-13(3)35-22(30-19)17-12(2)29-21-18(15-9-7-14(11-28)8-10-15)20(24(25,26)27)31-32(21)23(17)33/h1,6-10,31H,2-4H3/b16-6+. The average molecular weight is 479 g/mol. The minimum Gasteiger partial charge on any atom is -0.494 e. The fraction of sp³-hybridized carbons (Fsp3) is 0.167. The SMILES string of the molecule is C#C/C=C(/OC)c1nc(-c2c(C)nc3c(-c4ccc(C#N)cc4)c(C(F)(F)F)[nH]n3c2=O)oc1C. The first kappa shape index (κ1) is 23.4. The van der Waals surface area contributed by atoms with E-state index in [2.05, 4.69) is 21.0 Å². The normalized spacial score (nSPS) is 11.9. The number of hydrogen-bond acceptors (Lipinski definition) is 6. The quantitative estimate of drug-likeness (QED) is 0.342. The number of ether oxygens (including phenoxy) is 1. The van der Waals surface area contributed by atoms with Gasteiger partial charge in [-0.1, -0.05) is 18.1 Å². The van der Waals surface area contributed by atoms with E-state index in [1.54, 1.807) is 6.92 Å². The number of aryl methyl sites for hydroxylation is 2. The molecule has 0 bridgehead atoms. The van der Waals surface area contributed by atoms with Crippen LogP contribution in [0.3, 0.4) is 0 Å². The Balaban J connectivity index is 2.00. The molecule has 1 aromatic carbocycles. The number of alkyl halides is 3. The van der Waals surface area contributed by atoms with Crippen LogP contribution in [0.25, 0.3) is 34.0 Å². The summed E-state index contributed by atoms with van der Waals surface area (Å²) < 4.78 is 53.3.